The van der Waals surface area contributed by atoms with Crippen LogP contribution in [0.4, 0.5) is 0 Å². The highest BCUT2D eigenvalue weighted by Crippen LogP contribution is 2.21. The summed E-state index contributed by atoms with van der Waals surface area (Å²) in [6, 6.07) is 0. The summed E-state index contributed by atoms with van der Waals surface area (Å²) < 4.78 is 11.1. The van der Waals surface area contributed by atoms with E-state index >= 15 is 0 Å². The number of rotatable bonds is 4. The van der Waals surface area contributed by atoms with E-state index in [1.807, 2.05) is 0 Å². The third kappa shape index (κ3) is 3.77. The van der Waals surface area contributed by atoms with Crippen LogP contribution in [0.25, 0.3) is 0 Å². The Kier molecular flexibility index (Phi) is 4.58. The van der Waals surface area contributed by atoms with Gasteiger partial charge in [0.05, 0.1) is 0 Å². The third-order valence-corrected chi connectivity index (χ3v) is 5.75. The summed E-state index contributed by atoms with van der Waals surface area (Å²) in [4.78, 5) is 3.46. The van der Waals surface area contributed by atoms with Crippen molar-refractivity contribution in [2.75, 3.05) is 14.2 Å². The van der Waals surface area contributed by atoms with Gasteiger partial charge in [0.1, 0.15) is 0 Å². The molecule has 0 aliphatic rings. The second-order valence-corrected chi connectivity index (χ2v) is 8.16. The zero-order valence-electron chi connectivity index (χ0n) is 9.89. The predicted octanol–water partition coefficient (Wildman–Crippen LogP) is 2.02. The molecule has 0 aromatic heterocycles. The molecule has 0 aromatic carbocycles. The van der Waals surface area contributed by atoms with E-state index in [0.717, 1.165) is 0 Å². The van der Waals surface area contributed by atoms with Crippen LogP contribution < -0.4 is 4.98 Å². The lowest BCUT2D eigenvalue weighted by molar-refractivity contribution is 0.203. The van der Waals surface area contributed by atoms with Crippen molar-refractivity contribution in [3.63, 3.8) is 0 Å². The molecule has 80 valence electrons. The molecule has 0 atom stereocenters. The Hall–Kier alpha value is 0.0969. The van der Waals surface area contributed by atoms with Crippen LogP contribution in [-0.2, 0) is 8.85 Å². The zero-order chi connectivity index (χ0) is 10.7. The molecule has 0 aliphatic heterocycles. The largest absolute Gasteiger partial charge is 0.427 e. The normalized spacial score (nSPS) is 13.8. The van der Waals surface area contributed by atoms with Crippen molar-refractivity contribution >= 4 is 8.72 Å². The lowest BCUT2D eigenvalue weighted by Gasteiger charge is -2.37. The molecule has 0 spiro atoms. The smallest absolute Gasteiger partial charge is 0.386 e. The minimum atomic E-state index is -2.21. The third-order valence-electron chi connectivity index (χ3n) is 1.92. The lowest BCUT2D eigenvalue weighted by Crippen LogP contribution is -2.63. The molecule has 0 saturated carbocycles. The summed E-state index contributed by atoms with van der Waals surface area (Å²) in [5.41, 5.74) is 0.421. The van der Waals surface area contributed by atoms with Crippen LogP contribution >= 0.6 is 0 Å². The Balaban J connectivity index is 4.58. The summed E-state index contributed by atoms with van der Waals surface area (Å²) in [5.74, 6) is 0. The Morgan fingerprint density at radius 1 is 1.08 bits per heavy atom. The highest BCUT2D eigenvalue weighted by molar-refractivity contribution is 6.66. The fourth-order valence-electron chi connectivity index (χ4n) is 1.32. The van der Waals surface area contributed by atoms with Crippen LogP contribution in [0, 0.1) is 0 Å². The monoisotopic (exact) mass is 205 g/mol. The van der Waals surface area contributed by atoms with Gasteiger partial charge in [0, 0.05) is 25.3 Å². The molecule has 0 amide bonds. The Morgan fingerprint density at radius 2 is 1.46 bits per heavy atom. The molecule has 0 bridgehead atoms. The van der Waals surface area contributed by atoms with E-state index in [0.29, 0.717) is 5.54 Å². The number of hydrogen-bond acceptors (Lipinski definition) is 3. The van der Waals surface area contributed by atoms with Crippen LogP contribution in [0.15, 0.2) is 0 Å². The summed E-state index contributed by atoms with van der Waals surface area (Å²) >= 11 is 0. The van der Waals surface area contributed by atoms with E-state index in [-0.39, 0.29) is 5.54 Å². The van der Waals surface area contributed by atoms with Gasteiger partial charge in [-0.25, -0.2) is 0 Å². The summed E-state index contributed by atoms with van der Waals surface area (Å²) in [7, 11) is 1.23. The van der Waals surface area contributed by atoms with E-state index in [2.05, 4.69) is 39.6 Å². The highest BCUT2D eigenvalue weighted by Gasteiger charge is 2.43. The van der Waals surface area contributed by atoms with Crippen LogP contribution in [0.1, 0.15) is 34.6 Å². The van der Waals surface area contributed by atoms with Crippen molar-refractivity contribution in [3.05, 3.63) is 0 Å². The first-order valence-corrected chi connectivity index (χ1v) is 6.56. The molecule has 4 heteroatoms. The van der Waals surface area contributed by atoms with Crippen LogP contribution in [0.5, 0.6) is 0 Å². The van der Waals surface area contributed by atoms with Crippen molar-refractivity contribution in [2.45, 2.75) is 45.7 Å². The molecule has 3 nitrogen and oxygen atoms in total. The first-order valence-electron chi connectivity index (χ1n) is 4.67. The predicted molar refractivity (Wildman–Crippen MR) is 57.8 cm³/mol. The van der Waals surface area contributed by atoms with Gasteiger partial charge in [0.25, 0.3) is 0 Å². The Bertz CT molecular complexity index is 150. The summed E-state index contributed by atoms with van der Waals surface area (Å²) in [6.07, 6.45) is 0. The van der Waals surface area contributed by atoms with Crippen molar-refractivity contribution in [3.8, 4) is 0 Å². The summed E-state index contributed by atoms with van der Waals surface area (Å²) in [5, 5.41) is 0. The molecule has 0 saturated heterocycles. The quantitative estimate of drug-likeness (QED) is 0.712. The molecule has 0 aliphatic carbocycles. The van der Waals surface area contributed by atoms with Gasteiger partial charge in [-0.05, 0) is 20.8 Å². The van der Waals surface area contributed by atoms with Gasteiger partial charge in [-0.15, -0.1) is 0 Å². The highest BCUT2D eigenvalue weighted by atomic mass is 28.4. The van der Waals surface area contributed by atoms with Crippen molar-refractivity contribution in [2.24, 2.45) is 0 Å². The second-order valence-electron chi connectivity index (χ2n) is 4.61. The van der Waals surface area contributed by atoms with Gasteiger partial charge in [-0.1, -0.05) is 13.8 Å². The van der Waals surface area contributed by atoms with Gasteiger partial charge in [-0.2, -0.15) is 0 Å². The van der Waals surface area contributed by atoms with Gasteiger partial charge in [0.15, 0.2) is 0 Å². The SMILES string of the molecule is CO[Si](NC(C)(C)C)(OC)C(C)C. The minimum absolute atomic E-state index is 0.0303. The molecule has 13 heavy (non-hydrogen) atoms. The van der Waals surface area contributed by atoms with Crippen molar-refractivity contribution < 1.29 is 8.85 Å². The average Bonchev–Trinajstić information content (AvgIpc) is 1.98. The molecule has 0 radical (unpaired) electrons. The van der Waals surface area contributed by atoms with Gasteiger partial charge >= 0.3 is 8.72 Å². The standard InChI is InChI=1S/C9H23NO2Si/c1-8(2)13(11-6,12-7)10-9(3,4)5/h8,10H,1-7H3. The van der Waals surface area contributed by atoms with Crippen LogP contribution in [0.2, 0.25) is 5.54 Å². The van der Waals surface area contributed by atoms with Gasteiger partial charge in [0.2, 0.25) is 0 Å². The fourth-order valence-corrected chi connectivity index (χ4v) is 3.97. The fraction of sp³-hybridized carbons (Fsp3) is 1.00. The first-order chi connectivity index (χ1) is 5.77. The van der Waals surface area contributed by atoms with E-state index in [1.54, 1.807) is 14.2 Å². The molecular formula is C9H23NO2Si. The zero-order valence-corrected chi connectivity index (χ0v) is 10.9. The second kappa shape index (κ2) is 4.55. The maximum absolute atomic E-state index is 5.53. The maximum atomic E-state index is 5.53. The number of nitrogens with one attached hydrogen (secondary N) is 1. The van der Waals surface area contributed by atoms with Crippen molar-refractivity contribution in [1.82, 2.24) is 4.98 Å². The molecule has 0 unspecified atom stereocenters. The van der Waals surface area contributed by atoms with E-state index in [1.165, 1.54) is 0 Å². The first kappa shape index (κ1) is 13.1. The topological polar surface area (TPSA) is 30.5 Å². The van der Waals surface area contributed by atoms with Gasteiger partial charge in [-0.3, -0.25) is 4.98 Å². The average molecular weight is 205 g/mol. The lowest BCUT2D eigenvalue weighted by atomic mass is 10.1. The van der Waals surface area contributed by atoms with Crippen molar-refractivity contribution in [1.29, 1.82) is 0 Å². The van der Waals surface area contributed by atoms with E-state index in [4.69, 9.17) is 8.85 Å². The molecule has 0 fully saturated rings. The molecule has 0 aromatic rings. The number of hydrogen-bond donors (Lipinski definition) is 1. The van der Waals surface area contributed by atoms with E-state index in [9.17, 15) is 0 Å². The van der Waals surface area contributed by atoms with Crippen LogP contribution in [0.3, 0.4) is 0 Å². The van der Waals surface area contributed by atoms with Gasteiger partial charge < -0.3 is 8.85 Å². The Labute approximate surface area is 83.1 Å². The molecule has 0 rings (SSSR count). The summed E-state index contributed by atoms with van der Waals surface area (Å²) in [6.45, 7) is 10.6. The minimum Gasteiger partial charge on any atom is -0.386 e. The molecular weight excluding hydrogens is 182 g/mol. The molecule has 1 N–H and O–H groups in total. The molecule has 0 heterocycles. The van der Waals surface area contributed by atoms with E-state index < -0.39 is 8.72 Å². The maximum Gasteiger partial charge on any atom is 0.427 e. The Morgan fingerprint density at radius 3 is 1.54 bits per heavy atom. The van der Waals surface area contributed by atoms with Crippen LogP contribution in [-0.4, -0.2) is 28.5 Å².